The quantitative estimate of drug-likeness (QED) is 0.873. The normalized spacial score (nSPS) is 10.1. The molecule has 1 aromatic carbocycles. The van der Waals surface area contributed by atoms with Crippen molar-refractivity contribution in [3.63, 3.8) is 0 Å². The number of benzene rings is 1. The number of aromatic nitrogens is 1. The molecule has 0 aliphatic carbocycles. The van der Waals surface area contributed by atoms with Crippen LogP contribution in [-0.2, 0) is 0 Å². The third-order valence-electron chi connectivity index (χ3n) is 2.33. The molecular formula is C13H11F2N3O. The average Bonchev–Trinajstić information content (AvgIpc) is 2.36. The van der Waals surface area contributed by atoms with E-state index < -0.39 is 17.7 Å². The van der Waals surface area contributed by atoms with Gasteiger partial charge in [-0.15, -0.1) is 0 Å². The summed E-state index contributed by atoms with van der Waals surface area (Å²) in [6, 6.07) is 5.65. The van der Waals surface area contributed by atoms with Gasteiger partial charge in [0, 0.05) is 12.3 Å². The predicted octanol–water partition coefficient (Wildman–Crippen LogP) is 3.31. The molecule has 19 heavy (non-hydrogen) atoms. The minimum absolute atomic E-state index is 0.106. The van der Waals surface area contributed by atoms with Crippen molar-refractivity contribution in [2.45, 2.75) is 6.92 Å². The Balaban J connectivity index is 2.03. The van der Waals surface area contributed by atoms with Gasteiger partial charge in [-0.3, -0.25) is 5.32 Å². The second-order valence-corrected chi connectivity index (χ2v) is 3.92. The van der Waals surface area contributed by atoms with E-state index in [4.69, 9.17) is 0 Å². The number of rotatable bonds is 2. The number of halogens is 2. The number of aryl methyl sites for hydroxylation is 1. The van der Waals surface area contributed by atoms with Crippen LogP contribution in [0.4, 0.5) is 25.1 Å². The fourth-order valence-electron chi connectivity index (χ4n) is 1.40. The van der Waals surface area contributed by atoms with Gasteiger partial charge in [0.15, 0.2) is 0 Å². The van der Waals surface area contributed by atoms with Gasteiger partial charge in [0.25, 0.3) is 0 Å². The molecule has 2 aromatic rings. The van der Waals surface area contributed by atoms with Crippen LogP contribution in [0.25, 0.3) is 0 Å². The van der Waals surface area contributed by atoms with Crippen LogP contribution in [0.2, 0.25) is 0 Å². The average molecular weight is 263 g/mol. The van der Waals surface area contributed by atoms with Crippen LogP contribution in [0.1, 0.15) is 5.56 Å². The summed E-state index contributed by atoms with van der Waals surface area (Å²) >= 11 is 0. The van der Waals surface area contributed by atoms with E-state index in [2.05, 4.69) is 15.6 Å². The van der Waals surface area contributed by atoms with Crippen LogP contribution in [0.15, 0.2) is 36.5 Å². The highest BCUT2D eigenvalue weighted by atomic mass is 19.1. The number of hydrogen-bond donors (Lipinski definition) is 2. The number of pyridine rings is 1. The Morgan fingerprint density at radius 2 is 1.95 bits per heavy atom. The lowest BCUT2D eigenvalue weighted by Crippen LogP contribution is -2.20. The summed E-state index contributed by atoms with van der Waals surface area (Å²) < 4.78 is 26.0. The summed E-state index contributed by atoms with van der Waals surface area (Å²) in [7, 11) is 0. The first-order valence-corrected chi connectivity index (χ1v) is 5.50. The molecule has 0 unspecified atom stereocenters. The van der Waals surface area contributed by atoms with E-state index in [9.17, 15) is 13.6 Å². The highest BCUT2D eigenvalue weighted by molar-refractivity contribution is 5.99. The predicted molar refractivity (Wildman–Crippen MR) is 68.0 cm³/mol. The molecule has 0 saturated heterocycles. The van der Waals surface area contributed by atoms with Gasteiger partial charge in [0.2, 0.25) is 0 Å². The molecule has 0 bridgehead atoms. The Morgan fingerprint density at radius 3 is 2.58 bits per heavy atom. The Kier molecular flexibility index (Phi) is 3.70. The first kappa shape index (κ1) is 12.9. The Bertz CT molecular complexity index is 599. The summed E-state index contributed by atoms with van der Waals surface area (Å²) in [5, 5.41) is 4.71. The van der Waals surface area contributed by atoms with Gasteiger partial charge in [-0.25, -0.2) is 18.6 Å². The SMILES string of the molecule is Cc1ccc(NC(=O)Nc2ccc(F)cc2F)nc1. The van der Waals surface area contributed by atoms with Crippen LogP contribution < -0.4 is 10.6 Å². The molecule has 0 radical (unpaired) electrons. The molecule has 98 valence electrons. The highest BCUT2D eigenvalue weighted by Gasteiger charge is 2.08. The molecule has 0 spiro atoms. The van der Waals surface area contributed by atoms with Crippen LogP contribution >= 0.6 is 0 Å². The summed E-state index contributed by atoms with van der Waals surface area (Å²) in [5.74, 6) is -1.21. The molecule has 0 fully saturated rings. The topological polar surface area (TPSA) is 54.0 Å². The molecular weight excluding hydrogens is 252 g/mol. The molecule has 0 saturated carbocycles. The van der Waals surface area contributed by atoms with Crippen LogP contribution in [0.3, 0.4) is 0 Å². The lowest BCUT2D eigenvalue weighted by atomic mass is 10.3. The smallest absolute Gasteiger partial charge is 0.305 e. The summed E-state index contributed by atoms with van der Waals surface area (Å²) in [6.07, 6.45) is 1.59. The Hall–Kier alpha value is -2.50. The number of anilines is 2. The molecule has 6 heteroatoms. The van der Waals surface area contributed by atoms with Gasteiger partial charge in [-0.1, -0.05) is 6.07 Å². The summed E-state index contributed by atoms with van der Waals surface area (Å²) in [4.78, 5) is 15.6. The monoisotopic (exact) mass is 263 g/mol. The van der Waals surface area contributed by atoms with Gasteiger partial charge < -0.3 is 5.32 Å². The van der Waals surface area contributed by atoms with Crippen LogP contribution in [-0.4, -0.2) is 11.0 Å². The minimum atomic E-state index is -0.841. The highest BCUT2D eigenvalue weighted by Crippen LogP contribution is 2.15. The standard InChI is InChI=1S/C13H11F2N3O/c1-8-2-5-12(16-7-8)18-13(19)17-11-4-3-9(14)6-10(11)15/h2-7H,1H3,(H2,16,17,18,19). The van der Waals surface area contributed by atoms with Crippen molar-refractivity contribution in [2.24, 2.45) is 0 Å². The molecule has 1 aromatic heterocycles. The molecule has 0 aliphatic heterocycles. The molecule has 0 atom stereocenters. The van der Waals surface area contributed by atoms with Crippen molar-refractivity contribution in [3.05, 3.63) is 53.7 Å². The Labute approximate surface area is 108 Å². The van der Waals surface area contributed by atoms with Gasteiger partial charge in [0.1, 0.15) is 17.5 Å². The lowest BCUT2D eigenvalue weighted by molar-refractivity contribution is 0.262. The maximum atomic E-state index is 13.3. The maximum Gasteiger partial charge on any atom is 0.324 e. The van der Waals surface area contributed by atoms with E-state index in [0.717, 1.165) is 17.7 Å². The summed E-state index contributed by atoms with van der Waals surface area (Å²) in [5.41, 5.74) is 0.849. The van der Waals surface area contributed by atoms with Crippen molar-refractivity contribution >= 4 is 17.5 Å². The number of carbonyl (C=O) groups excluding carboxylic acids is 1. The van der Waals surface area contributed by atoms with E-state index >= 15 is 0 Å². The second kappa shape index (κ2) is 5.43. The van der Waals surface area contributed by atoms with Gasteiger partial charge >= 0.3 is 6.03 Å². The van der Waals surface area contributed by atoms with Gasteiger partial charge in [-0.2, -0.15) is 0 Å². The van der Waals surface area contributed by atoms with E-state index in [1.54, 1.807) is 18.3 Å². The van der Waals surface area contributed by atoms with Gasteiger partial charge in [0.05, 0.1) is 5.69 Å². The number of hydrogen-bond acceptors (Lipinski definition) is 2. The van der Waals surface area contributed by atoms with Crippen molar-refractivity contribution in [1.29, 1.82) is 0 Å². The number of amides is 2. The maximum absolute atomic E-state index is 13.3. The zero-order valence-electron chi connectivity index (χ0n) is 10.1. The van der Waals surface area contributed by atoms with Crippen molar-refractivity contribution < 1.29 is 13.6 Å². The molecule has 0 aliphatic rings. The molecule has 2 rings (SSSR count). The number of carbonyl (C=O) groups is 1. The summed E-state index contributed by atoms with van der Waals surface area (Å²) in [6.45, 7) is 1.87. The zero-order valence-corrected chi connectivity index (χ0v) is 10.1. The third kappa shape index (κ3) is 3.48. The van der Waals surface area contributed by atoms with Crippen molar-refractivity contribution in [1.82, 2.24) is 4.98 Å². The van der Waals surface area contributed by atoms with E-state index in [0.29, 0.717) is 11.9 Å². The number of nitrogens with zero attached hydrogens (tertiary/aromatic N) is 1. The minimum Gasteiger partial charge on any atom is -0.305 e. The largest absolute Gasteiger partial charge is 0.324 e. The molecule has 1 heterocycles. The molecule has 2 amide bonds. The fraction of sp³-hybridized carbons (Fsp3) is 0.0769. The zero-order chi connectivity index (χ0) is 13.8. The second-order valence-electron chi connectivity index (χ2n) is 3.92. The molecule has 4 nitrogen and oxygen atoms in total. The fourth-order valence-corrected chi connectivity index (χ4v) is 1.40. The lowest BCUT2D eigenvalue weighted by Gasteiger charge is -2.08. The van der Waals surface area contributed by atoms with Crippen LogP contribution in [0, 0.1) is 18.6 Å². The van der Waals surface area contributed by atoms with E-state index in [1.807, 2.05) is 6.92 Å². The van der Waals surface area contributed by atoms with Crippen LogP contribution in [0.5, 0.6) is 0 Å². The van der Waals surface area contributed by atoms with Gasteiger partial charge in [-0.05, 0) is 30.7 Å². The number of urea groups is 1. The van der Waals surface area contributed by atoms with E-state index in [1.165, 1.54) is 0 Å². The molecule has 2 N–H and O–H groups in total. The first-order valence-electron chi connectivity index (χ1n) is 5.50. The van der Waals surface area contributed by atoms with Crippen molar-refractivity contribution in [3.8, 4) is 0 Å². The first-order chi connectivity index (χ1) is 9.04. The third-order valence-corrected chi connectivity index (χ3v) is 2.33. The number of nitrogens with one attached hydrogen (secondary N) is 2. The van der Waals surface area contributed by atoms with E-state index in [-0.39, 0.29) is 5.69 Å². The van der Waals surface area contributed by atoms with Crippen molar-refractivity contribution in [2.75, 3.05) is 10.6 Å². The Morgan fingerprint density at radius 1 is 1.16 bits per heavy atom.